The molecule has 1 heterocycles. The molecule has 2 N–H and O–H groups in total. The summed E-state index contributed by atoms with van der Waals surface area (Å²) in [5.74, 6) is -0.682. The van der Waals surface area contributed by atoms with E-state index in [-0.39, 0.29) is 18.4 Å². The van der Waals surface area contributed by atoms with Crippen LogP contribution in [0.5, 0.6) is 0 Å². The van der Waals surface area contributed by atoms with Crippen molar-refractivity contribution in [2.24, 2.45) is 0 Å². The fraction of sp³-hybridized carbons (Fsp3) is 0.111. The first-order chi connectivity index (χ1) is 6.66. The van der Waals surface area contributed by atoms with E-state index in [0.717, 1.165) is 4.47 Å². The van der Waals surface area contributed by atoms with Gasteiger partial charge in [-0.1, -0.05) is 15.9 Å². The number of halogens is 1. The summed E-state index contributed by atoms with van der Waals surface area (Å²) in [6.07, 6.45) is 0. The zero-order valence-electron chi connectivity index (χ0n) is 7.13. The van der Waals surface area contributed by atoms with Gasteiger partial charge < -0.3 is 5.32 Å². The summed E-state index contributed by atoms with van der Waals surface area (Å²) >= 11 is 3.27. The van der Waals surface area contributed by atoms with Gasteiger partial charge in [0.15, 0.2) is 0 Å². The van der Waals surface area contributed by atoms with E-state index in [0.29, 0.717) is 11.3 Å². The van der Waals surface area contributed by atoms with Gasteiger partial charge in [0.1, 0.15) is 0 Å². The van der Waals surface area contributed by atoms with Crippen molar-refractivity contribution in [3.8, 4) is 0 Å². The Kier molecular flexibility index (Phi) is 2.25. The Morgan fingerprint density at radius 3 is 2.86 bits per heavy atom. The van der Waals surface area contributed by atoms with Gasteiger partial charge in [-0.2, -0.15) is 0 Å². The number of anilines is 1. The smallest absolute Gasteiger partial charge is 0.260 e. The van der Waals surface area contributed by atoms with Crippen LogP contribution in [0.25, 0.3) is 0 Å². The third-order valence-corrected chi connectivity index (χ3v) is 2.41. The predicted molar refractivity (Wildman–Crippen MR) is 55.1 cm³/mol. The summed E-state index contributed by atoms with van der Waals surface area (Å²) in [5.41, 5.74) is 1.15. The summed E-state index contributed by atoms with van der Waals surface area (Å²) in [7, 11) is 0. The molecule has 0 bridgehead atoms. The van der Waals surface area contributed by atoms with Gasteiger partial charge in [-0.15, -0.1) is 0 Å². The summed E-state index contributed by atoms with van der Waals surface area (Å²) in [4.78, 5) is 22.5. The Morgan fingerprint density at radius 1 is 1.29 bits per heavy atom. The quantitative estimate of drug-likeness (QED) is 0.683. The van der Waals surface area contributed by atoms with Crippen LogP contribution >= 0.6 is 15.9 Å². The van der Waals surface area contributed by atoms with Gasteiger partial charge in [0.2, 0.25) is 5.91 Å². The van der Waals surface area contributed by atoms with Crippen molar-refractivity contribution in [2.45, 2.75) is 0 Å². The molecule has 0 atom stereocenters. The van der Waals surface area contributed by atoms with Crippen LogP contribution in [0.15, 0.2) is 22.7 Å². The first kappa shape index (κ1) is 9.21. The van der Waals surface area contributed by atoms with Gasteiger partial charge in [0.05, 0.1) is 12.1 Å². The highest BCUT2D eigenvalue weighted by molar-refractivity contribution is 9.10. The number of hydrogen-bond acceptors (Lipinski definition) is 3. The van der Waals surface area contributed by atoms with Crippen LogP contribution in [0.3, 0.4) is 0 Å². The Bertz CT molecular complexity index is 417. The summed E-state index contributed by atoms with van der Waals surface area (Å²) < 4.78 is 0.808. The highest BCUT2D eigenvalue weighted by Gasteiger charge is 2.18. The Balaban J connectivity index is 2.49. The lowest BCUT2D eigenvalue weighted by Crippen LogP contribution is -2.31. The molecule has 1 aliphatic rings. The molecular weight excluding hydrogens is 248 g/mol. The average Bonchev–Trinajstić information content (AvgIpc) is 2.27. The molecular formula is C9H7BrN2O2. The van der Waals surface area contributed by atoms with E-state index >= 15 is 0 Å². The number of benzene rings is 1. The molecule has 14 heavy (non-hydrogen) atoms. The first-order valence-electron chi connectivity index (χ1n) is 4.04. The Hall–Kier alpha value is -1.36. The van der Waals surface area contributed by atoms with Crippen molar-refractivity contribution in [1.82, 2.24) is 5.32 Å². The van der Waals surface area contributed by atoms with Gasteiger partial charge in [0, 0.05) is 10.2 Å². The van der Waals surface area contributed by atoms with Crippen molar-refractivity contribution in [3.05, 3.63) is 28.2 Å². The topological polar surface area (TPSA) is 58.2 Å². The highest BCUT2D eigenvalue weighted by Crippen LogP contribution is 2.21. The van der Waals surface area contributed by atoms with Crippen molar-refractivity contribution in [2.75, 3.05) is 11.9 Å². The molecule has 0 aromatic heterocycles. The first-order valence-corrected chi connectivity index (χ1v) is 4.84. The van der Waals surface area contributed by atoms with E-state index in [1.807, 2.05) is 6.07 Å². The van der Waals surface area contributed by atoms with Crippen LogP contribution in [-0.4, -0.2) is 18.4 Å². The second kappa shape index (κ2) is 3.42. The molecule has 0 saturated carbocycles. The fourth-order valence-electron chi connectivity index (χ4n) is 1.27. The number of nitrogens with one attached hydrogen (secondary N) is 2. The van der Waals surface area contributed by atoms with Crippen LogP contribution in [-0.2, 0) is 4.79 Å². The molecule has 1 aliphatic heterocycles. The highest BCUT2D eigenvalue weighted by atomic mass is 79.9. The van der Waals surface area contributed by atoms with E-state index in [4.69, 9.17) is 0 Å². The van der Waals surface area contributed by atoms with E-state index in [1.165, 1.54) is 0 Å². The molecule has 0 fully saturated rings. The van der Waals surface area contributed by atoms with Gasteiger partial charge in [0.25, 0.3) is 5.91 Å². The Morgan fingerprint density at radius 2 is 2.07 bits per heavy atom. The number of carbonyl (C=O) groups excluding carboxylic acids is 2. The van der Waals surface area contributed by atoms with E-state index in [1.54, 1.807) is 12.1 Å². The molecule has 1 aromatic rings. The van der Waals surface area contributed by atoms with Gasteiger partial charge in [-0.25, -0.2) is 0 Å². The summed E-state index contributed by atoms with van der Waals surface area (Å²) in [5, 5.41) is 5.14. The number of imide groups is 1. The van der Waals surface area contributed by atoms with Gasteiger partial charge in [-0.05, 0) is 18.2 Å². The fourth-order valence-corrected chi connectivity index (χ4v) is 1.63. The average molecular weight is 255 g/mol. The van der Waals surface area contributed by atoms with Crippen LogP contribution < -0.4 is 10.6 Å². The Labute approximate surface area is 88.8 Å². The molecule has 0 unspecified atom stereocenters. The minimum absolute atomic E-state index is 0.125. The van der Waals surface area contributed by atoms with Crippen LogP contribution in [0.4, 0.5) is 5.69 Å². The van der Waals surface area contributed by atoms with E-state index in [9.17, 15) is 9.59 Å². The maximum atomic E-state index is 11.5. The summed E-state index contributed by atoms with van der Waals surface area (Å²) in [6.45, 7) is 0.125. The molecule has 0 spiro atoms. The number of amides is 2. The van der Waals surface area contributed by atoms with Crippen molar-refractivity contribution >= 4 is 33.4 Å². The molecule has 4 nitrogen and oxygen atoms in total. The monoisotopic (exact) mass is 254 g/mol. The van der Waals surface area contributed by atoms with Crippen molar-refractivity contribution < 1.29 is 9.59 Å². The summed E-state index contributed by atoms with van der Waals surface area (Å²) in [6, 6.07) is 5.25. The maximum absolute atomic E-state index is 11.5. The normalized spacial score (nSPS) is 15.2. The molecule has 5 heteroatoms. The minimum atomic E-state index is -0.365. The molecule has 72 valence electrons. The third-order valence-electron chi connectivity index (χ3n) is 1.92. The molecule has 2 amide bonds. The van der Waals surface area contributed by atoms with Crippen LogP contribution in [0, 0.1) is 0 Å². The lowest BCUT2D eigenvalue weighted by atomic mass is 10.2. The van der Waals surface area contributed by atoms with E-state index in [2.05, 4.69) is 26.6 Å². The third kappa shape index (κ3) is 1.63. The minimum Gasteiger partial charge on any atom is -0.375 e. The molecule has 2 rings (SSSR count). The number of carbonyl (C=O) groups is 2. The number of rotatable bonds is 0. The van der Waals surface area contributed by atoms with Crippen LogP contribution in [0.1, 0.15) is 10.4 Å². The predicted octanol–water partition coefficient (Wildman–Crippen LogP) is 1.13. The second-order valence-corrected chi connectivity index (χ2v) is 3.84. The van der Waals surface area contributed by atoms with E-state index < -0.39 is 0 Å². The second-order valence-electron chi connectivity index (χ2n) is 2.92. The maximum Gasteiger partial charge on any atom is 0.260 e. The zero-order valence-corrected chi connectivity index (χ0v) is 8.72. The van der Waals surface area contributed by atoms with Gasteiger partial charge >= 0.3 is 0 Å². The molecule has 0 saturated heterocycles. The standard InChI is InChI=1S/C9H7BrN2O2/c10-5-1-2-7-6(3-5)9(14)12-8(13)4-11-7/h1-3,11H,4H2,(H,12,13,14). The lowest BCUT2D eigenvalue weighted by Gasteiger charge is -2.04. The number of hydrogen-bond donors (Lipinski definition) is 2. The SMILES string of the molecule is O=C1CNc2ccc(Br)cc2C(=O)N1. The van der Waals surface area contributed by atoms with Gasteiger partial charge in [-0.3, -0.25) is 14.9 Å². The van der Waals surface area contributed by atoms with Crippen molar-refractivity contribution in [1.29, 1.82) is 0 Å². The molecule has 1 aromatic carbocycles. The van der Waals surface area contributed by atoms with Crippen molar-refractivity contribution in [3.63, 3.8) is 0 Å². The molecule has 0 aliphatic carbocycles. The zero-order chi connectivity index (χ0) is 10.1. The largest absolute Gasteiger partial charge is 0.375 e. The van der Waals surface area contributed by atoms with Crippen LogP contribution in [0.2, 0.25) is 0 Å². The molecule has 0 radical (unpaired) electrons. The number of fused-ring (bicyclic) bond motifs is 1. The lowest BCUT2D eigenvalue weighted by molar-refractivity contribution is -0.118.